The first kappa shape index (κ1) is 16.6. The third-order valence-electron chi connectivity index (χ3n) is 3.56. The quantitative estimate of drug-likeness (QED) is 0.903. The predicted octanol–water partition coefficient (Wildman–Crippen LogP) is 3.67. The zero-order valence-electron chi connectivity index (χ0n) is 12.8. The van der Waals surface area contributed by atoms with Gasteiger partial charge in [0.05, 0.1) is 16.4 Å². The molecule has 2 aromatic carbocycles. The summed E-state index contributed by atoms with van der Waals surface area (Å²) in [6.45, 7) is 1.67. The van der Waals surface area contributed by atoms with Gasteiger partial charge < -0.3 is 10.1 Å². The van der Waals surface area contributed by atoms with E-state index in [0.717, 1.165) is 5.56 Å². The van der Waals surface area contributed by atoms with Crippen molar-refractivity contribution in [1.29, 1.82) is 0 Å². The first-order valence-corrected chi connectivity index (χ1v) is 7.98. The van der Waals surface area contributed by atoms with Crippen LogP contribution in [0.1, 0.15) is 5.56 Å². The van der Waals surface area contributed by atoms with Crippen molar-refractivity contribution in [3.8, 4) is 5.75 Å². The molecule has 2 aromatic rings. The van der Waals surface area contributed by atoms with Gasteiger partial charge in [0.25, 0.3) is 5.91 Å². The smallest absolute Gasteiger partial charge is 0.265 e. The summed E-state index contributed by atoms with van der Waals surface area (Å²) in [6, 6.07) is 10.3. The number of benzene rings is 2. The Hall–Kier alpha value is -2.24. The Bertz CT molecular complexity index is 823. The molecular weight excluding hydrogens is 351 g/mol. The molecule has 1 N–H and O–H groups in total. The van der Waals surface area contributed by atoms with Gasteiger partial charge in [0.15, 0.2) is 6.61 Å². The van der Waals surface area contributed by atoms with E-state index in [-0.39, 0.29) is 25.0 Å². The molecule has 0 bridgehead atoms. The fourth-order valence-corrected chi connectivity index (χ4v) is 2.75. The maximum atomic E-state index is 12.3. The minimum Gasteiger partial charge on any atom is -0.482 e. The molecule has 0 saturated carbocycles. The van der Waals surface area contributed by atoms with Gasteiger partial charge in [-0.1, -0.05) is 29.3 Å². The van der Waals surface area contributed by atoms with Crippen LogP contribution in [0.25, 0.3) is 0 Å². The third-order valence-corrected chi connectivity index (χ3v) is 4.13. The zero-order valence-corrected chi connectivity index (χ0v) is 14.3. The van der Waals surface area contributed by atoms with Gasteiger partial charge in [0.2, 0.25) is 5.91 Å². The summed E-state index contributed by atoms with van der Waals surface area (Å²) in [4.78, 5) is 25.9. The summed E-state index contributed by atoms with van der Waals surface area (Å²) in [5.74, 6) is -0.0731. The van der Waals surface area contributed by atoms with Crippen LogP contribution in [0.2, 0.25) is 10.0 Å². The number of hydrogen-bond acceptors (Lipinski definition) is 3. The number of amides is 2. The van der Waals surface area contributed by atoms with Crippen LogP contribution in [-0.4, -0.2) is 25.0 Å². The topological polar surface area (TPSA) is 58.6 Å². The van der Waals surface area contributed by atoms with Crippen molar-refractivity contribution in [3.05, 3.63) is 52.0 Å². The second-order valence-corrected chi connectivity index (χ2v) is 6.26. The van der Waals surface area contributed by atoms with Gasteiger partial charge >= 0.3 is 0 Å². The molecule has 1 aliphatic rings. The molecule has 124 valence electrons. The fourth-order valence-electron chi connectivity index (χ4n) is 2.41. The van der Waals surface area contributed by atoms with Gasteiger partial charge in [-0.05, 0) is 42.8 Å². The molecule has 24 heavy (non-hydrogen) atoms. The number of hydrogen-bond donors (Lipinski definition) is 1. The molecule has 0 spiro atoms. The van der Waals surface area contributed by atoms with E-state index in [1.54, 1.807) is 24.3 Å². The molecule has 2 amide bonds. The van der Waals surface area contributed by atoms with Crippen molar-refractivity contribution in [1.82, 2.24) is 0 Å². The maximum Gasteiger partial charge on any atom is 0.265 e. The SMILES string of the molecule is Cc1ccc2c(c1)N(CC(=O)Nc1cc(Cl)ccc1Cl)C(=O)CO2. The van der Waals surface area contributed by atoms with Crippen LogP contribution in [0.5, 0.6) is 5.75 Å². The highest BCUT2D eigenvalue weighted by molar-refractivity contribution is 6.35. The summed E-state index contributed by atoms with van der Waals surface area (Å²) in [5.41, 5.74) is 1.95. The molecule has 0 radical (unpaired) electrons. The highest BCUT2D eigenvalue weighted by atomic mass is 35.5. The Morgan fingerprint density at radius 2 is 2.04 bits per heavy atom. The van der Waals surface area contributed by atoms with Crippen LogP contribution in [0.15, 0.2) is 36.4 Å². The lowest BCUT2D eigenvalue weighted by atomic mass is 10.1. The number of halogens is 2. The van der Waals surface area contributed by atoms with Crippen molar-refractivity contribution in [3.63, 3.8) is 0 Å². The standard InChI is InChI=1S/C17H14Cl2N2O3/c1-10-2-5-15-14(6-10)21(17(23)9-24-15)8-16(22)20-13-7-11(18)3-4-12(13)19/h2-7H,8-9H2,1H3,(H,20,22). The molecule has 5 nitrogen and oxygen atoms in total. The highest BCUT2D eigenvalue weighted by Crippen LogP contribution is 2.33. The molecule has 7 heteroatoms. The third kappa shape index (κ3) is 3.47. The Labute approximate surface area is 149 Å². The summed E-state index contributed by atoms with van der Waals surface area (Å²) in [7, 11) is 0. The van der Waals surface area contributed by atoms with Gasteiger partial charge in [0.1, 0.15) is 12.3 Å². The second kappa shape index (κ2) is 6.71. The molecule has 0 atom stereocenters. The van der Waals surface area contributed by atoms with E-state index in [2.05, 4.69) is 5.32 Å². The van der Waals surface area contributed by atoms with Crippen molar-refractivity contribution in [2.24, 2.45) is 0 Å². The maximum absolute atomic E-state index is 12.3. The lowest BCUT2D eigenvalue weighted by Gasteiger charge is -2.29. The van der Waals surface area contributed by atoms with Crippen LogP contribution < -0.4 is 15.0 Å². The van der Waals surface area contributed by atoms with Crippen molar-refractivity contribution in [2.75, 3.05) is 23.4 Å². The van der Waals surface area contributed by atoms with Crippen LogP contribution >= 0.6 is 23.2 Å². The predicted molar refractivity (Wildman–Crippen MR) is 94.1 cm³/mol. The number of ether oxygens (including phenoxy) is 1. The Balaban J connectivity index is 1.80. The van der Waals surface area contributed by atoms with Crippen LogP contribution in [0, 0.1) is 6.92 Å². The normalized spacial score (nSPS) is 13.3. The first-order valence-electron chi connectivity index (χ1n) is 7.23. The van der Waals surface area contributed by atoms with Gasteiger partial charge in [-0.2, -0.15) is 0 Å². The molecule has 0 saturated heterocycles. The molecule has 3 rings (SSSR count). The van der Waals surface area contributed by atoms with Crippen molar-refractivity contribution < 1.29 is 14.3 Å². The van der Waals surface area contributed by atoms with E-state index in [1.807, 2.05) is 19.1 Å². The molecule has 0 unspecified atom stereocenters. The Morgan fingerprint density at radius 1 is 1.25 bits per heavy atom. The molecule has 0 aliphatic carbocycles. The number of nitrogens with zero attached hydrogens (tertiary/aromatic N) is 1. The summed E-state index contributed by atoms with van der Waals surface area (Å²) >= 11 is 11.9. The van der Waals surface area contributed by atoms with E-state index < -0.39 is 0 Å². The lowest BCUT2D eigenvalue weighted by molar-refractivity contribution is -0.123. The molecule has 1 heterocycles. The second-order valence-electron chi connectivity index (χ2n) is 5.41. The first-order chi connectivity index (χ1) is 11.4. The summed E-state index contributed by atoms with van der Waals surface area (Å²) < 4.78 is 5.39. The minimum atomic E-state index is -0.373. The monoisotopic (exact) mass is 364 g/mol. The number of fused-ring (bicyclic) bond motifs is 1. The lowest BCUT2D eigenvalue weighted by Crippen LogP contribution is -2.43. The van der Waals surface area contributed by atoms with Gasteiger partial charge in [-0.15, -0.1) is 0 Å². The summed E-state index contributed by atoms with van der Waals surface area (Å²) in [6.07, 6.45) is 0. The average Bonchev–Trinajstić information content (AvgIpc) is 2.54. The number of carbonyl (C=O) groups excluding carboxylic acids is 2. The van der Waals surface area contributed by atoms with E-state index in [1.165, 1.54) is 4.90 Å². The molecule has 0 aromatic heterocycles. The molecule has 1 aliphatic heterocycles. The Kier molecular flexibility index (Phi) is 4.64. The Morgan fingerprint density at radius 3 is 2.83 bits per heavy atom. The van der Waals surface area contributed by atoms with E-state index in [9.17, 15) is 9.59 Å². The van der Waals surface area contributed by atoms with Gasteiger partial charge in [0, 0.05) is 5.02 Å². The minimum absolute atomic E-state index is 0.0960. The van der Waals surface area contributed by atoms with Gasteiger partial charge in [-0.25, -0.2) is 0 Å². The zero-order chi connectivity index (χ0) is 17.3. The highest BCUT2D eigenvalue weighted by Gasteiger charge is 2.27. The number of nitrogens with one attached hydrogen (secondary N) is 1. The van der Waals surface area contributed by atoms with Crippen LogP contribution in [0.3, 0.4) is 0 Å². The van der Waals surface area contributed by atoms with Crippen molar-refractivity contribution >= 4 is 46.4 Å². The van der Waals surface area contributed by atoms with Crippen molar-refractivity contribution in [2.45, 2.75) is 6.92 Å². The largest absolute Gasteiger partial charge is 0.482 e. The van der Waals surface area contributed by atoms with Crippen LogP contribution in [-0.2, 0) is 9.59 Å². The van der Waals surface area contributed by atoms with E-state index >= 15 is 0 Å². The number of aryl methyl sites for hydroxylation is 1. The van der Waals surface area contributed by atoms with E-state index in [4.69, 9.17) is 27.9 Å². The summed E-state index contributed by atoms with van der Waals surface area (Å²) in [5, 5.41) is 3.50. The van der Waals surface area contributed by atoms with Crippen LogP contribution in [0.4, 0.5) is 11.4 Å². The number of rotatable bonds is 3. The molecule has 0 fully saturated rings. The molecular formula is C17H14Cl2N2O3. The number of carbonyl (C=O) groups is 2. The van der Waals surface area contributed by atoms with E-state index in [0.29, 0.717) is 27.2 Å². The van der Waals surface area contributed by atoms with Gasteiger partial charge in [-0.3, -0.25) is 14.5 Å². The number of anilines is 2. The fraction of sp³-hybridized carbons (Fsp3) is 0.176. The average molecular weight is 365 g/mol.